The first-order chi connectivity index (χ1) is 12.2. The molecule has 1 heterocycles. The monoisotopic (exact) mass is 346 g/mol. The third kappa shape index (κ3) is 5.15. The van der Waals surface area contributed by atoms with Crippen molar-refractivity contribution < 1.29 is 23.7 Å². The molecule has 0 bridgehead atoms. The summed E-state index contributed by atoms with van der Waals surface area (Å²) >= 11 is 0. The standard InChI is InChI=1S/C20H26O5/c1-2-22-12-16-3-5-17(6-4-16)13-23-20(21)10-8-15-7-9-18-19(11-15)25-14-24-18/h2,7,9,11,16-17H,1,3-6,8,10,12-14H2. The van der Waals surface area contributed by atoms with Gasteiger partial charge < -0.3 is 18.9 Å². The van der Waals surface area contributed by atoms with Crippen molar-refractivity contribution in [2.45, 2.75) is 38.5 Å². The van der Waals surface area contributed by atoms with Gasteiger partial charge in [0.2, 0.25) is 6.79 Å². The van der Waals surface area contributed by atoms with E-state index in [2.05, 4.69) is 6.58 Å². The summed E-state index contributed by atoms with van der Waals surface area (Å²) in [6.07, 6.45) is 7.01. The minimum absolute atomic E-state index is 0.130. The van der Waals surface area contributed by atoms with E-state index in [4.69, 9.17) is 18.9 Å². The van der Waals surface area contributed by atoms with Crippen molar-refractivity contribution in [1.29, 1.82) is 0 Å². The van der Waals surface area contributed by atoms with Gasteiger partial charge >= 0.3 is 5.97 Å². The summed E-state index contributed by atoms with van der Waals surface area (Å²) < 4.78 is 21.4. The number of rotatable bonds is 8. The van der Waals surface area contributed by atoms with Crippen LogP contribution in [-0.2, 0) is 20.7 Å². The topological polar surface area (TPSA) is 54.0 Å². The van der Waals surface area contributed by atoms with E-state index in [-0.39, 0.29) is 12.8 Å². The Bertz CT molecular complexity index is 590. The van der Waals surface area contributed by atoms with Crippen LogP contribution in [0.5, 0.6) is 11.5 Å². The second-order valence-electron chi connectivity index (χ2n) is 6.76. The van der Waals surface area contributed by atoms with E-state index >= 15 is 0 Å². The highest BCUT2D eigenvalue weighted by molar-refractivity contribution is 5.69. The molecule has 0 N–H and O–H groups in total. The van der Waals surface area contributed by atoms with Crippen molar-refractivity contribution in [2.24, 2.45) is 11.8 Å². The van der Waals surface area contributed by atoms with Gasteiger partial charge in [-0.05, 0) is 61.6 Å². The average molecular weight is 346 g/mol. The first kappa shape index (κ1) is 17.6. The number of esters is 1. The molecular weight excluding hydrogens is 320 g/mol. The second-order valence-corrected chi connectivity index (χ2v) is 6.76. The van der Waals surface area contributed by atoms with Crippen LogP contribution in [0.3, 0.4) is 0 Å². The van der Waals surface area contributed by atoms with E-state index < -0.39 is 0 Å². The zero-order valence-electron chi connectivity index (χ0n) is 14.6. The molecule has 25 heavy (non-hydrogen) atoms. The highest BCUT2D eigenvalue weighted by Crippen LogP contribution is 2.33. The third-order valence-electron chi connectivity index (χ3n) is 4.95. The van der Waals surface area contributed by atoms with Crippen molar-refractivity contribution in [3.63, 3.8) is 0 Å². The molecule has 1 aliphatic carbocycles. The third-order valence-corrected chi connectivity index (χ3v) is 4.95. The summed E-state index contributed by atoms with van der Waals surface area (Å²) in [6.45, 7) is 5.13. The molecule has 0 unspecified atom stereocenters. The van der Waals surface area contributed by atoms with Crippen molar-refractivity contribution in [1.82, 2.24) is 0 Å². The minimum atomic E-state index is -0.130. The first-order valence-corrected chi connectivity index (χ1v) is 9.01. The van der Waals surface area contributed by atoms with Crippen molar-refractivity contribution in [3.8, 4) is 11.5 Å². The lowest BCUT2D eigenvalue weighted by molar-refractivity contribution is -0.145. The van der Waals surface area contributed by atoms with Crippen LogP contribution < -0.4 is 9.47 Å². The zero-order valence-corrected chi connectivity index (χ0v) is 14.6. The summed E-state index contributed by atoms with van der Waals surface area (Å²) in [4.78, 5) is 12.0. The van der Waals surface area contributed by atoms with Gasteiger partial charge in [-0.1, -0.05) is 12.6 Å². The Labute approximate surface area is 148 Å². The average Bonchev–Trinajstić information content (AvgIpc) is 3.11. The highest BCUT2D eigenvalue weighted by atomic mass is 16.7. The summed E-state index contributed by atoms with van der Waals surface area (Å²) in [5.41, 5.74) is 1.06. The van der Waals surface area contributed by atoms with E-state index in [1.54, 1.807) is 0 Å². The predicted molar refractivity (Wildman–Crippen MR) is 93.4 cm³/mol. The molecule has 1 aromatic rings. The molecular formula is C20H26O5. The maximum Gasteiger partial charge on any atom is 0.306 e. The number of carbonyl (C=O) groups excluding carboxylic acids is 1. The van der Waals surface area contributed by atoms with Gasteiger partial charge in [-0.3, -0.25) is 4.79 Å². The van der Waals surface area contributed by atoms with Gasteiger partial charge in [-0.15, -0.1) is 0 Å². The zero-order chi connectivity index (χ0) is 17.5. The molecule has 0 atom stereocenters. The fourth-order valence-electron chi connectivity index (χ4n) is 3.39. The Morgan fingerprint density at radius 2 is 1.84 bits per heavy atom. The fourth-order valence-corrected chi connectivity index (χ4v) is 3.39. The molecule has 0 spiro atoms. The van der Waals surface area contributed by atoms with E-state index in [1.165, 1.54) is 6.26 Å². The van der Waals surface area contributed by atoms with E-state index in [9.17, 15) is 4.79 Å². The number of hydrogen-bond acceptors (Lipinski definition) is 5. The lowest BCUT2D eigenvalue weighted by Gasteiger charge is -2.27. The van der Waals surface area contributed by atoms with Gasteiger partial charge in [0, 0.05) is 6.42 Å². The van der Waals surface area contributed by atoms with Crippen LogP contribution in [0.25, 0.3) is 0 Å². The van der Waals surface area contributed by atoms with E-state index in [0.29, 0.717) is 31.3 Å². The maximum absolute atomic E-state index is 12.0. The molecule has 2 aliphatic rings. The number of hydrogen-bond donors (Lipinski definition) is 0. The van der Waals surface area contributed by atoms with Crippen LogP contribution in [0.1, 0.15) is 37.7 Å². The van der Waals surface area contributed by atoms with E-state index in [1.807, 2.05) is 18.2 Å². The Morgan fingerprint density at radius 3 is 2.60 bits per heavy atom. The fraction of sp³-hybridized carbons (Fsp3) is 0.550. The number of carbonyl (C=O) groups is 1. The van der Waals surface area contributed by atoms with Gasteiger partial charge in [-0.2, -0.15) is 0 Å². The van der Waals surface area contributed by atoms with Crippen LogP contribution >= 0.6 is 0 Å². The summed E-state index contributed by atoms with van der Waals surface area (Å²) in [6, 6.07) is 5.78. The molecule has 0 radical (unpaired) electrons. The molecule has 1 saturated carbocycles. The molecule has 1 aromatic carbocycles. The molecule has 0 amide bonds. The Morgan fingerprint density at radius 1 is 1.12 bits per heavy atom. The molecule has 3 rings (SSSR count). The van der Waals surface area contributed by atoms with Gasteiger partial charge in [0.25, 0.3) is 0 Å². The molecule has 5 nitrogen and oxygen atoms in total. The van der Waals surface area contributed by atoms with Gasteiger partial charge in [0.1, 0.15) is 0 Å². The maximum atomic E-state index is 12.0. The lowest BCUT2D eigenvalue weighted by Crippen LogP contribution is -2.22. The summed E-state index contributed by atoms with van der Waals surface area (Å²) in [7, 11) is 0. The number of fused-ring (bicyclic) bond motifs is 1. The number of ether oxygens (including phenoxy) is 4. The molecule has 0 saturated heterocycles. The van der Waals surface area contributed by atoms with Crippen LogP contribution in [0.15, 0.2) is 31.0 Å². The summed E-state index contributed by atoms with van der Waals surface area (Å²) in [5, 5.41) is 0. The van der Waals surface area contributed by atoms with Crippen molar-refractivity contribution >= 4 is 5.97 Å². The molecule has 5 heteroatoms. The predicted octanol–water partition coefficient (Wildman–Crippen LogP) is 3.86. The molecule has 1 fully saturated rings. The van der Waals surface area contributed by atoms with Gasteiger partial charge in [0.15, 0.2) is 11.5 Å². The largest absolute Gasteiger partial charge is 0.502 e. The second kappa shape index (κ2) is 8.79. The number of aryl methyl sites for hydroxylation is 1. The Kier molecular flexibility index (Phi) is 6.20. The Balaban J connectivity index is 1.33. The van der Waals surface area contributed by atoms with Crippen LogP contribution in [0, 0.1) is 11.8 Å². The summed E-state index contributed by atoms with van der Waals surface area (Å²) in [5.74, 6) is 2.48. The van der Waals surface area contributed by atoms with Crippen LogP contribution in [0.2, 0.25) is 0 Å². The number of benzene rings is 1. The quantitative estimate of drug-likeness (QED) is 0.528. The molecule has 1 aliphatic heterocycles. The van der Waals surface area contributed by atoms with Crippen molar-refractivity contribution in [2.75, 3.05) is 20.0 Å². The normalized spacial score (nSPS) is 21.6. The molecule has 136 valence electrons. The van der Waals surface area contributed by atoms with E-state index in [0.717, 1.165) is 49.4 Å². The smallest absolute Gasteiger partial charge is 0.306 e. The Hall–Kier alpha value is -2.17. The first-order valence-electron chi connectivity index (χ1n) is 9.01. The van der Waals surface area contributed by atoms with Crippen LogP contribution in [0.4, 0.5) is 0 Å². The minimum Gasteiger partial charge on any atom is -0.502 e. The molecule has 0 aromatic heterocycles. The van der Waals surface area contributed by atoms with Gasteiger partial charge in [-0.25, -0.2) is 0 Å². The highest BCUT2D eigenvalue weighted by Gasteiger charge is 2.22. The van der Waals surface area contributed by atoms with Crippen molar-refractivity contribution in [3.05, 3.63) is 36.6 Å². The SMILES string of the molecule is C=COCC1CCC(COC(=O)CCc2ccc3c(c2)OCO3)CC1. The lowest BCUT2D eigenvalue weighted by atomic mass is 9.83. The van der Waals surface area contributed by atoms with Gasteiger partial charge in [0.05, 0.1) is 19.5 Å². The van der Waals surface area contributed by atoms with Crippen LogP contribution in [-0.4, -0.2) is 26.0 Å².